The average Bonchev–Trinajstić information content (AvgIpc) is 2.68. The van der Waals surface area contributed by atoms with Gasteiger partial charge >= 0.3 is 0 Å². The predicted molar refractivity (Wildman–Crippen MR) is 61.8 cm³/mol. The molecule has 1 aromatic carbocycles. The summed E-state index contributed by atoms with van der Waals surface area (Å²) in [7, 11) is 0. The van der Waals surface area contributed by atoms with E-state index in [1.807, 2.05) is 0 Å². The van der Waals surface area contributed by atoms with Gasteiger partial charge in [0.1, 0.15) is 0 Å². The number of hydrogen-bond acceptors (Lipinski definition) is 2. The summed E-state index contributed by atoms with van der Waals surface area (Å²) in [6, 6.07) is 10.6. The van der Waals surface area contributed by atoms with Crippen molar-refractivity contribution in [3.63, 3.8) is 0 Å². The van der Waals surface area contributed by atoms with Gasteiger partial charge in [-0.1, -0.05) is 30.3 Å². The van der Waals surface area contributed by atoms with Gasteiger partial charge in [0, 0.05) is 26.2 Å². The highest BCUT2D eigenvalue weighted by Crippen LogP contribution is 2.15. The van der Waals surface area contributed by atoms with Crippen molar-refractivity contribution < 1.29 is 4.74 Å². The molecule has 1 fully saturated rings. The standard InChI is InChI=1S/C13H19NO/c1-2-15-13-8-9-14(11-13)10-12-6-4-3-5-7-12/h3-7,13H,2,8-11H2,1H3. The minimum Gasteiger partial charge on any atom is -0.377 e. The molecule has 1 atom stereocenters. The van der Waals surface area contributed by atoms with Crippen LogP contribution >= 0.6 is 0 Å². The molecule has 0 aromatic heterocycles. The monoisotopic (exact) mass is 205 g/mol. The maximum atomic E-state index is 5.63. The summed E-state index contributed by atoms with van der Waals surface area (Å²) in [5.41, 5.74) is 1.40. The summed E-state index contributed by atoms with van der Waals surface area (Å²) in [6.45, 7) is 6.22. The number of likely N-dealkylation sites (tertiary alicyclic amines) is 1. The van der Waals surface area contributed by atoms with E-state index in [9.17, 15) is 0 Å². The van der Waals surface area contributed by atoms with Crippen LogP contribution in [0.4, 0.5) is 0 Å². The van der Waals surface area contributed by atoms with E-state index in [1.54, 1.807) is 0 Å². The van der Waals surface area contributed by atoms with Crippen LogP contribution in [0.1, 0.15) is 18.9 Å². The van der Waals surface area contributed by atoms with Crippen molar-refractivity contribution in [3.05, 3.63) is 35.9 Å². The van der Waals surface area contributed by atoms with E-state index in [2.05, 4.69) is 42.2 Å². The maximum Gasteiger partial charge on any atom is 0.0714 e. The molecule has 0 spiro atoms. The lowest BCUT2D eigenvalue weighted by atomic mass is 10.2. The minimum atomic E-state index is 0.457. The number of benzene rings is 1. The van der Waals surface area contributed by atoms with E-state index in [0.29, 0.717) is 6.10 Å². The Morgan fingerprint density at radius 2 is 2.13 bits per heavy atom. The van der Waals surface area contributed by atoms with E-state index in [0.717, 1.165) is 19.7 Å². The summed E-state index contributed by atoms with van der Waals surface area (Å²) < 4.78 is 5.63. The fourth-order valence-corrected chi connectivity index (χ4v) is 2.15. The summed E-state index contributed by atoms with van der Waals surface area (Å²) in [4.78, 5) is 2.47. The van der Waals surface area contributed by atoms with Gasteiger partial charge in [-0.25, -0.2) is 0 Å². The Hall–Kier alpha value is -0.860. The van der Waals surface area contributed by atoms with Crippen LogP contribution in [0, 0.1) is 0 Å². The molecule has 1 aromatic rings. The zero-order chi connectivity index (χ0) is 10.5. The fraction of sp³-hybridized carbons (Fsp3) is 0.538. The Morgan fingerprint density at radius 1 is 1.33 bits per heavy atom. The van der Waals surface area contributed by atoms with Crippen molar-refractivity contribution in [2.45, 2.75) is 26.0 Å². The number of nitrogens with zero attached hydrogens (tertiary/aromatic N) is 1. The van der Waals surface area contributed by atoms with Gasteiger partial charge in [-0.05, 0) is 18.9 Å². The fourth-order valence-electron chi connectivity index (χ4n) is 2.15. The molecular formula is C13H19NO. The van der Waals surface area contributed by atoms with E-state index in [1.165, 1.54) is 18.5 Å². The van der Waals surface area contributed by atoms with E-state index in [-0.39, 0.29) is 0 Å². The summed E-state index contributed by atoms with van der Waals surface area (Å²) in [5, 5.41) is 0. The van der Waals surface area contributed by atoms with Gasteiger partial charge in [-0.3, -0.25) is 4.90 Å². The molecule has 2 nitrogen and oxygen atoms in total. The lowest BCUT2D eigenvalue weighted by molar-refractivity contribution is 0.0683. The number of rotatable bonds is 4. The Balaban J connectivity index is 1.82. The maximum absolute atomic E-state index is 5.63. The number of ether oxygens (including phenoxy) is 1. The van der Waals surface area contributed by atoms with Crippen LogP contribution in [0.5, 0.6) is 0 Å². The summed E-state index contributed by atoms with van der Waals surface area (Å²) in [6.07, 6.45) is 1.64. The zero-order valence-electron chi connectivity index (χ0n) is 9.36. The van der Waals surface area contributed by atoms with Crippen molar-refractivity contribution in [3.8, 4) is 0 Å². The molecule has 0 bridgehead atoms. The van der Waals surface area contributed by atoms with E-state index >= 15 is 0 Å². The molecule has 15 heavy (non-hydrogen) atoms. The van der Waals surface area contributed by atoms with Crippen LogP contribution in [0.25, 0.3) is 0 Å². The molecule has 0 saturated carbocycles. The van der Waals surface area contributed by atoms with Crippen LogP contribution in [0.3, 0.4) is 0 Å². The predicted octanol–water partition coefficient (Wildman–Crippen LogP) is 2.30. The van der Waals surface area contributed by atoms with Crippen molar-refractivity contribution >= 4 is 0 Å². The second kappa shape index (κ2) is 5.29. The van der Waals surface area contributed by atoms with Gasteiger partial charge in [-0.15, -0.1) is 0 Å². The van der Waals surface area contributed by atoms with Gasteiger partial charge in [0.05, 0.1) is 6.10 Å². The highest BCUT2D eigenvalue weighted by molar-refractivity contribution is 5.14. The normalized spacial score (nSPS) is 22.1. The van der Waals surface area contributed by atoms with Crippen molar-refractivity contribution in [2.24, 2.45) is 0 Å². The first-order valence-electron chi connectivity index (χ1n) is 5.76. The van der Waals surface area contributed by atoms with Gasteiger partial charge in [0.15, 0.2) is 0 Å². The Labute approximate surface area is 91.9 Å². The zero-order valence-corrected chi connectivity index (χ0v) is 9.36. The molecule has 1 aliphatic heterocycles. The molecule has 2 rings (SSSR count). The molecule has 0 N–H and O–H groups in total. The van der Waals surface area contributed by atoms with Crippen molar-refractivity contribution in [1.82, 2.24) is 4.90 Å². The topological polar surface area (TPSA) is 12.5 Å². The molecule has 1 aliphatic rings. The van der Waals surface area contributed by atoms with Gasteiger partial charge in [0.25, 0.3) is 0 Å². The Morgan fingerprint density at radius 3 is 2.87 bits per heavy atom. The van der Waals surface area contributed by atoms with E-state index < -0.39 is 0 Å². The molecule has 0 aliphatic carbocycles. The van der Waals surface area contributed by atoms with Crippen LogP contribution in [0.2, 0.25) is 0 Å². The van der Waals surface area contributed by atoms with Crippen molar-refractivity contribution in [1.29, 1.82) is 0 Å². The second-order valence-corrected chi connectivity index (χ2v) is 4.09. The second-order valence-electron chi connectivity index (χ2n) is 4.09. The van der Waals surface area contributed by atoms with E-state index in [4.69, 9.17) is 4.74 Å². The molecule has 0 radical (unpaired) electrons. The Kier molecular flexibility index (Phi) is 3.75. The lowest BCUT2D eigenvalue weighted by Gasteiger charge is -2.15. The van der Waals surface area contributed by atoms with Gasteiger partial charge in [-0.2, -0.15) is 0 Å². The first-order chi connectivity index (χ1) is 7.38. The molecule has 1 unspecified atom stereocenters. The van der Waals surface area contributed by atoms with Gasteiger partial charge < -0.3 is 4.74 Å². The Bertz CT molecular complexity index is 286. The lowest BCUT2D eigenvalue weighted by Crippen LogP contribution is -2.22. The van der Waals surface area contributed by atoms with Gasteiger partial charge in [0.2, 0.25) is 0 Å². The molecule has 82 valence electrons. The first kappa shape index (κ1) is 10.7. The SMILES string of the molecule is CCOC1CCN(Cc2ccccc2)C1. The number of hydrogen-bond donors (Lipinski definition) is 0. The van der Waals surface area contributed by atoms with Crippen LogP contribution in [-0.2, 0) is 11.3 Å². The highest BCUT2D eigenvalue weighted by Gasteiger charge is 2.22. The third-order valence-electron chi connectivity index (χ3n) is 2.88. The van der Waals surface area contributed by atoms with Crippen LogP contribution in [0.15, 0.2) is 30.3 Å². The largest absolute Gasteiger partial charge is 0.377 e. The molecular weight excluding hydrogens is 186 g/mol. The average molecular weight is 205 g/mol. The quantitative estimate of drug-likeness (QED) is 0.748. The molecule has 2 heteroatoms. The third-order valence-corrected chi connectivity index (χ3v) is 2.88. The van der Waals surface area contributed by atoms with Crippen LogP contribution < -0.4 is 0 Å². The smallest absolute Gasteiger partial charge is 0.0714 e. The minimum absolute atomic E-state index is 0.457. The van der Waals surface area contributed by atoms with Crippen molar-refractivity contribution in [2.75, 3.05) is 19.7 Å². The van der Waals surface area contributed by atoms with Crippen LogP contribution in [-0.4, -0.2) is 30.7 Å². The third kappa shape index (κ3) is 3.05. The molecule has 0 amide bonds. The highest BCUT2D eigenvalue weighted by atomic mass is 16.5. The summed E-state index contributed by atoms with van der Waals surface area (Å²) >= 11 is 0. The molecule has 1 saturated heterocycles. The summed E-state index contributed by atoms with van der Waals surface area (Å²) in [5.74, 6) is 0. The first-order valence-corrected chi connectivity index (χ1v) is 5.76. The molecule has 1 heterocycles.